The number of ether oxygens (including phenoxy) is 1. The summed E-state index contributed by atoms with van der Waals surface area (Å²) in [5.41, 5.74) is 1.13. The van der Waals surface area contributed by atoms with Gasteiger partial charge in [-0.05, 0) is 5.41 Å². The van der Waals surface area contributed by atoms with E-state index in [4.69, 9.17) is 16.7 Å². The Kier molecular flexibility index (Phi) is 5.57. The first kappa shape index (κ1) is 11.3. The highest BCUT2D eigenvalue weighted by Gasteiger charge is 2.26. The van der Waals surface area contributed by atoms with Crippen LogP contribution in [-0.4, -0.2) is 29.4 Å². The first-order chi connectivity index (χ1) is 5.63. The zero-order chi connectivity index (χ0) is 9.56. The average molecular weight is 211 g/mol. The Balaban J connectivity index is 4.23. The van der Waals surface area contributed by atoms with Crippen LogP contribution in [0.1, 0.15) is 0 Å². The number of carboxylic acid groups (broad SMARTS) is 1. The van der Waals surface area contributed by atoms with E-state index in [9.17, 15) is 9.59 Å². The van der Waals surface area contributed by atoms with Gasteiger partial charge in [0.05, 0.1) is 7.11 Å². The van der Waals surface area contributed by atoms with Gasteiger partial charge in [-0.2, -0.15) is 0 Å². The molecular formula is C6H7ClO4S. The van der Waals surface area contributed by atoms with E-state index in [1.54, 1.807) is 0 Å². The van der Waals surface area contributed by atoms with Gasteiger partial charge in [0.25, 0.3) is 0 Å². The number of rotatable bonds is 4. The molecule has 68 valence electrons. The van der Waals surface area contributed by atoms with Gasteiger partial charge in [-0.15, -0.1) is 11.8 Å². The van der Waals surface area contributed by atoms with Crippen molar-refractivity contribution < 1.29 is 19.4 Å². The molecule has 0 aromatic carbocycles. The van der Waals surface area contributed by atoms with E-state index in [0.29, 0.717) is 0 Å². The lowest BCUT2D eigenvalue weighted by atomic mass is 10.4. The standard InChI is InChI=1S/C6H7ClO4S/c1-11-6(10)4(5(8)9)12-3-2-7/h2-4H,1H3,(H,8,9). The van der Waals surface area contributed by atoms with Crippen LogP contribution in [0.25, 0.3) is 0 Å². The van der Waals surface area contributed by atoms with Crippen molar-refractivity contribution in [1.29, 1.82) is 0 Å². The van der Waals surface area contributed by atoms with E-state index < -0.39 is 17.2 Å². The maximum Gasteiger partial charge on any atom is 0.330 e. The van der Waals surface area contributed by atoms with Gasteiger partial charge in [0.15, 0.2) is 0 Å². The van der Waals surface area contributed by atoms with Crippen molar-refractivity contribution >= 4 is 35.3 Å². The molecule has 1 unspecified atom stereocenters. The minimum absolute atomic E-state index is 0.776. The molecule has 0 saturated heterocycles. The van der Waals surface area contributed by atoms with Gasteiger partial charge in [0.2, 0.25) is 5.25 Å². The summed E-state index contributed by atoms with van der Waals surface area (Å²) < 4.78 is 4.25. The summed E-state index contributed by atoms with van der Waals surface area (Å²) in [6, 6.07) is 0. The monoisotopic (exact) mass is 210 g/mol. The zero-order valence-corrected chi connectivity index (χ0v) is 7.76. The van der Waals surface area contributed by atoms with E-state index in [1.807, 2.05) is 0 Å². The Bertz CT molecular complexity index is 204. The van der Waals surface area contributed by atoms with Gasteiger partial charge >= 0.3 is 11.9 Å². The van der Waals surface area contributed by atoms with Crippen molar-refractivity contribution in [1.82, 2.24) is 0 Å². The molecule has 1 atom stereocenters. The highest BCUT2D eigenvalue weighted by atomic mass is 35.5. The van der Waals surface area contributed by atoms with Crippen molar-refractivity contribution in [3.63, 3.8) is 0 Å². The van der Waals surface area contributed by atoms with Gasteiger partial charge < -0.3 is 9.84 Å². The predicted molar refractivity (Wildman–Crippen MR) is 46.0 cm³/mol. The van der Waals surface area contributed by atoms with Gasteiger partial charge in [0, 0.05) is 5.54 Å². The molecule has 0 fully saturated rings. The topological polar surface area (TPSA) is 63.6 Å². The molecule has 0 aliphatic carbocycles. The molecule has 0 aliphatic heterocycles. The summed E-state index contributed by atoms with van der Waals surface area (Å²) in [5, 5.41) is 8.56. The lowest BCUT2D eigenvalue weighted by Gasteiger charge is -2.05. The number of esters is 1. The summed E-state index contributed by atoms with van der Waals surface area (Å²) in [6.45, 7) is 0. The number of carboxylic acids is 1. The lowest BCUT2D eigenvalue weighted by Crippen LogP contribution is -2.27. The molecule has 6 heteroatoms. The van der Waals surface area contributed by atoms with Crippen LogP contribution in [0.15, 0.2) is 10.9 Å². The maximum atomic E-state index is 10.8. The number of carbonyl (C=O) groups excluding carboxylic acids is 1. The Labute approximate surface area is 78.5 Å². The summed E-state index contributed by atoms with van der Waals surface area (Å²) >= 11 is 5.93. The van der Waals surface area contributed by atoms with Crippen molar-refractivity contribution in [3.05, 3.63) is 10.9 Å². The molecular weight excluding hydrogens is 204 g/mol. The molecule has 0 aromatic rings. The first-order valence-electron chi connectivity index (χ1n) is 2.84. The predicted octanol–water partition coefficient (Wildman–Crippen LogP) is 1.06. The van der Waals surface area contributed by atoms with Gasteiger partial charge in [-0.1, -0.05) is 11.6 Å². The fraction of sp³-hybridized carbons (Fsp3) is 0.333. The van der Waals surface area contributed by atoms with Gasteiger partial charge in [0.1, 0.15) is 0 Å². The second-order valence-corrected chi connectivity index (χ2v) is 2.91. The third-order valence-electron chi connectivity index (χ3n) is 0.906. The van der Waals surface area contributed by atoms with Crippen LogP contribution in [0.2, 0.25) is 0 Å². The van der Waals surface area contributed by atoms with E-state index in [1.165, 1.54) is 5.41 Å². The number of hydrogen-bond donors (Lipinski definition) is 1. The molecule has 0 aliphatic rings. The smallest absolute Gasteiger partial charge is 0.330 e. The Morgan fingerprint density at radius 1 is 1.67 bits per heavy atom. The summed E-state index contributed by atoms with van der Waals surface area (Å²) in [6.07, 6.45) is 0. The zero-order valence-electron chi connectivity index (χ0n) is 6.19. The molecule has 0 radical (unpaired) electrons. The number of aliphatic carboxylic acids is 1. The lowest BCUT2D eigenvalue weighted by molar-refractivity contribution is -0.148. The minimum Gasteiger partial charge on any atom is -0.480 e. The van der Waals surface area contributed by atoms with Crippen LogP contribution in [0.3, 0.4) is 0 Å². The molecule has 0 saturated carbocycles. The van der Waals surface area contributed by atoms with Crippen molar-refractivity contribution in [2.75, 3.05) is 7.11 Å². The highest BCUT2D eigenvalue weighted by molar-refractivity contribution is 8.04. The molecule has 1 N–H and O–H groups in total. The van der Waals surface area contributed by atoms with E-state index in [-0.39, 0.29) is 0 Å². The molecule has 0 aromatic heterocycles. The number of thioether (sulfide) groups is 1. The molecule has 0 rings (SSSR count). The van der Waals surface area contributed by atoms with Gasteiger partial charge in [-0.25, -0.2) is 0 Å². The van der Waals surface area contributed by atoms with E-state index >= 15 is 0 Å². The largest absolute Gasteiger partial charge is 0.480 e. The van der Waals surface area contributed by atoms with Crippen molar-refractivity contribution in [2.45, 2.75) is 5.25 Å². The SMILES string of the molecule is COC(=O)C(SC=CCl)C(=O)O. The van der Waals surface area contributed by atoms with Crippen LogP contribution in [0, 0.1) is 0 Å². The van der Waals surface area contributed by atoms with Crippen molar-refractivity contribution in [3.8, 4) is 0 Å². The fourth-order valence-electron chi connectivity index (χ4n) is 0.430. The summed E-state index contributed by atoms with van der Waals surface area (Å²) in [5.74, 6) is -2.05. The molecule has 12 heavy (non-hydrogen) atoms. The fourth-order valence-corrected chi connectivity index (χ4v) is 1.15. The molecule has 0 amide bonds. The normalized spacial score (nSPS) is 12.8. The Morgan fingerprint density at radius 3 is 2.58 bits per heavy atom. The minimum atomic E-state index is -1.25. The van der Waals surface area contributed by atoms with Gasteiger partial charge in [-0.3, -0.25) is 9.59 Å². The molecule has 0 bridgehead atoms. The van der Waals surface area contributed by atoms with Crippen LogP contribution >= 0.6 is 23.4 Å². The second-order valence-electron chi connectivity index (χ2n) is 1.64. The van der Waals surface area contributed by atoms with Crippen LogP contribution < -0.4 is 0 Å². The first-order valence-corrected chi connectivity index (χ1v) is 4.22. The molecule has 0 spiro atoms. The quantitative estimate of drug-likeness (QED) is 0.555. The number of methoxy groups -OCH3 is 1. The third kappa shape index (κ3) is 3.64. The van der Waals surface area contributed by atoms with E-state index in [2.05, 4.69) is 4.74 Å². The second kappa shape index (κ2) is 5.91. The number of halogens is 1. The number of hydrogen-bond acceptors (Lipinski definition) is 4. The number of carbonyl (C=O) groups is 2. The Hall–Kier alpha value is -0.680. The third-order valence-corrected chi connectivity index (χ3v) is 2.14. The van der Waals surface area contributed by atoms with E-state index in [0.717, 1.165) is 24.4 Å². The average Bonchev–Trinajstić information content (AvgIpc) is 2.04. The highest BCUT2D eigenvalue weighted by Crippen LogP contribution is 2.14. The van der Waals surface area contributed by atoms with Crippen LogP contribution in [0.4, 0.5) is 0 Å². The van der Waals surface area contributed by atoms with Crippen molar-refractivity contribution in [2.24, 2.45) is 0 Å². The summed E-state index contributed by atoms with van der Waals surface area (Å²) in [4.78, 5) is 21.2. The Morgan fingerprint density at radius 2 is 2.25 bits per heavy atom. The van der Waals surface area contributed by atoms with Crippen LogP contribution in [-0.2, 0) is 14.3 Å². The van der Waals surface area contributed by atoms with Crippen LogP contribution in [0.5, 0.6) is 0 Å². The molecule has 0 heterocycles. The molecule has 4 nitrogen and oxygen atoms in total. The summed E-state index contributed by atoms with van der Waals surface area (Å²) in [7, 11) is 1.13. The maximum absolute atomic E-state index is 10.8.